The van der Waals surface area contributed by atoms with E-state index in [0.717, 1.165) is 35.2 Å². The summed E-state index contributed by atoms with van der Waals surface area (Å²) in [7, 11) is 0. The van der Waals surface area contributed by atoms with E-state index in [0.29, 0.717) is 12.3 Å². The Morgan fingerprint density at radius 3 is 3.11 bits per heavy atom. The molecule has 98 valence electrons. The summed E-state index contributed by atoms with van der Waals surface area (Å²) in [6, 6.07) is 5.86. The molecule has 0 aliphatic carbocycles. The number of carbonyl (C=O) groups is 1. The smallest absolute Gasteiger partial charge is 0.224 e. The molecule has 0 spiro atoms. The van der Waals surface area contributed by atoms with Gasteiger partial charge in [-0.2, -0.15) is 0 Å². The van der Waals surface area contributed by atoms with Gasteiger partial charge in [-0.1, -0.05) is 22.0 Å². The van der Waals surface area contributed by atoms with Crippen LogP contribution in [0.3, 0.4) is 0 Å². The molecule has 0 bridgehead atoms. The molecule has 0 saturated carbocycles. The van der Waals surface area contributed by atoms with Crippen LogP contribution in [0.1, 0.15) is 24.8 Å². The summed E-state index contributed by atoms with van der Waals surface area (Å²) in [5.74, 6) is 0.594. The number of benzene rings is 1. The van der Waals surface area contributed by atoms with Crippen molar-refractivity contribution in [3.63, 3.8) is 0 Å². The number of nitrogens with one attached hydrogen (secondary N) is 2. The van der Waals surface area contributed by atoms with Gasteiger partial charge in [0.15, 0.2) is 0 Å². The second-order valence-corrected chi connectivity index (χ2v) is 5.73. The van der Waals surface area contributed by atoms with Crippen molar-refractivity contribution in [2.75, 3.05) is 18.4 Å². The van der Waals surface area contributed by atoms with E-state index in [1.807, 2.05) is 25.1 Å². The second kappa shape index (κ2) is 6.34. The van der Waals surface area contributed by atoms with Gasteiger partial charge in [0.25, 0.3) is 0 Å². The van der Waals surface area contributed by atoms with Gasteiger partial charge in [-0.25, -0.2) is 0 Å². The van der Waals surface area contributed by atoms with Crippen molar-refractivity contribution >= 4 is 27.5 Å². The zero-order chi connectivity index (χ0) is 13.0. The SMILES string of the molecule is Cc1c(Br)cccc1NC(=O)CC1CCCNC1. The lowest BCUT2D eigenvalue weighted by atomic mass is 9.96. The van der Waals surface area contributed by atoms with Crippen LogP contribution in [0.25, 0.3) is 0 Å². The molecule has 1 saturated heterocycles. The number of rotatable bonds is 3. The summed E-state index contributed by atoms with van der Waals surface area (Å²) in [5.41, 5.74) is 1.98. The Bertz CT molecular complexity index is 428. The first-order chi connectivity index (χ1) is 8.66. The van der Waals surface area contributed by atoms with E-state index in [1.54, 1.807) is 0 Å². The minimum Gasteiger partial charge on any atom is -0.326 e. The molecule has 1 aliphatic rings. The summed E-state index contributed by atoms with van der Waals surface area (Å²) in [6.45, 7) is 4.05. The van der Waals surface area contributed by atoms with E-state index < -0.39 is 0 Å². The van der Waals surface area contributed by atoms with Gasteiger partial charge in [0, 0.05) is 16.6 Å². The van der Waals surface area contributed by atoms with Crippen molar-refractivity contribution < 1.29 is 4.79 Å². The maximum atomic E-state index is 12.0. The largest absolute Gasteiger partial charge is 0.326 e. The normalized spacial score (nSPS) is 19.6. The van der Waals surface area contributed by atoms with Gasteiger partial charge < -0.3 is 10.6 Å². The van der Waals surface area contributed by atoms with Crippen molar-refractivity contribution in [2.45, 2.75) is 26.2 Å². The highest BCUT2D eigenvalue weighted by Gasteiger charge is 2.17. The molecule has 1 heterocycles. The third kappa shape index (κ3) is 3.56. The molecule has 1 fully saturated rings. The number of piperidine rings is 1. The lowest BCUT2D eigenvalue weighted by Gasteiger charge is -2.22. The van der Waals surface area contributed by atoms with Gasteiger partial charge in [0.1, 0.15) is 0 Å². The molecule has 1 amide bonds. The number of amides is 1. The Morgan fingerprint density at radius 1 is 1.56 bits per heavy atom. The second-order valence-electron chi connectivity index (χ2n) is 4.88. The zero-order valence-electron chi connectivity index (χ0n) is 10.6. The highest BCUT2D eigenvalue weighted by atomic mass is 79.9. The van der Waals surface area contributed by atoms with Crippen LogP contribution in [-0.4, -0.2) is 19.0 Å². The maximum Gasteiger partial charge on any atom is 0.224 e. The van der Waals surface area contributed by atoms with E-state index in [1.165, 1.54) is 6.42 Å². The van der Waals surface area contributed by atoms with E-state index >= 15 is 0 Å². The van der Waals surface area contributed by atoms with Crippen molar-refractivity contribution in [1.82, 2.24) is 5.32 Å². The third-order valence-corrected chi connectivity index (χ3v) is 4.27. The van der Waals surface area contributed by atoms with Crippen molar-refractivity contribution in [3.8, 4) is 0 Å². The highest BCUT2D eigenvalue weighted by Crippen LogP contribution is 2.24. The molecule has 3 nitrogen and oxygen atoms in total. The van der Waals surface area contributed by atoms with Crippen LogP contribution in [0.15, 0.2) is 22.7 Å². The molecule has 1 unspecified atom stereocenters. The molecular formula is C14H19BrN2O. The van der Waals surface area contributed by atoms with Crippen LogP contribution >= 0.6 is 15.9 Å². The number of hydrogen-bond acceptors (Lipinski definition) is 2. The fourth-order valence-corrected chi connectivity index (χ4v) is 2.67. The van der Waals surface area contributed by atoms with Crippen molar-refractivity contribution in [1.29, 1.82) is 0 Å². The van der Waals surface area contributed by atoms with Gasteiger partial charge in [0.05, 0.1) is 0 Å². The molecule has 2 N–H and O–H groups in total. The van der Waals surface area contributed by atoms with Gasteiger partial charge in [-0.05, 0) is 56.5 Å². The molecule has 2 rings (SSSR count). The van der Waals surface area contributed by atoms with Crippen LogP contribution in [0.4, 0.5) is 5.69 Å². The third-order valence-electron chi connectivity index (χ3n) is 3.41. The lowest BCUT2D eigenvalue weighted by Crippen LogP contribution is -2.32. The fraction of sp³-hybridized carbons (Fsp3) is 0.500. The number of halogens is 1. The molecular weight excluding hydrogens is 292 g/mol. The molecule has 1 aromatic carbocycles. The first-order valence-corrected chi connectivity index (χ1v) is 7.22. The molecule has 1 aliphatic heterocycles. The summed E-state index contributed by atoms with van der Waals surface area (Å²) in [5, 5.41) is 6.34. The summed E-state index contributed by atoms with van der Waals surface area (Å²) < 4.78 is 1.03. The van der Waals surface area contributed by atoms with Crippen molar-refractivity contribution in [2.24, 2.45) is 5.92 Å². The first-order valence-electron chi connectivity index (χ1n) is 6.42. The summed E-state index contributed by atoms with van der Waals surface area (Å²) in [4.78, 5) is 12.0. The van der Waals surface area contributed by atoms with Crippen LogP contribution in [0.5, 0.6) is 0 Å². The molecule has 4 heteroatoms. The Labute approximate surface area is 116 Å². The predicted molar refractivity (Wildman–Crippen MR) is 77.7 cm³/mol. The molecule has 0 radical (unpaired) electrons. The Balaban J connectivity index is 1.92. The molecule has 0 aromatic heterocycles. The van der Waals surface area contributed by atoms with Crippen LogP contribution in [0, 0.1) is 12.8 Å². The monoisotopic (exact) mass is 310 g/mol. The Hall–Kier alpha value is -0.870. The van der Waals surface area contributed by atoms with E-state index in [4.69, 9.17) is 0 Å². The topological polar surface area (TPSA) is 41.1 Å². The van der Waals surface area contributed by atoms with Gasteiger partial charge in [0.2, 0.25) is 5.91 Å². The lowest BCUT2D eigenvalue weighted by molar-refractivity contribution is -0.117. The quantitative estimate of drug-likeness (QED) is 0.901. The van der Waals surface area contributed by atoms with Crippen LogP contribution in [0.2, 0.25) is 0 Å². The average Bonchev–Trinajstić information content (AvgIpc) is 2.36. The summed E-state index contributed by atoms with van der Waals surface area (Å²) in [6.07, 6.45) is 2.94. The fourth-order valence-electron chi connectivity index (χ4n) is 2.30. The molecule has 1 atom stereocenters. The van der Waals surface area contributed by atoms with Gasteiger partial charge >= 0.3 is 0 Å². The van der Waals surface area contributed by atoms with Gasteiger partial charge in [-0.3, -0.25) is 4.79 Å². The first kappa shape index (κ1) is 13.6. The van der Waals surface area contributed by atoms with Crippen molar-refractivity contribution in [3.05, 3.63) is 28.2 Å². The minimum atomic E-state index is 0.116. The van der Waals surface area contributed by atoms with Gasteiger partial charge in [-0.15, -0.1) is 0 Å². The molecule has 18 heavy (non-hydrogen) atoms. The predicted octanol–water partition coefficient (Wildman–Crippen LogP) is 3.09. The van der Waals surface area contributed by atoms with Crippen LogP contribution in [-0.2, 0) is 4.79 Å². The summed E-state index contributed by atoms with van der Waals surface area (Å²) >= 11 is 3.47. The van der Waals surface area contributed by atoms with Crippen LogP contribution < -0.4 is 10.6 Å². The van der Waals surface area contributed by atoms with E-state index in [2.05, 4.69) is 26.6 Å². The number of carbonyl (C=O) groups excluding carboxylic acids is 1. The Morgan fingerprint density at radius 2 is 2.39 bits per heavy atom. The zero-order valence-corrected chi connectivity index (χ0v) is 12.2. The highest BCUT2D eigenvalue weighted by molar-refractivity contribution is 9.10. The Kier molecular flexibility index (Phi) is 4.78. The minimum absolute atomic E-state index is 0.116. The maximum absolute atomic E-state index is 12.0. The standard InChI is InChI=1S/C14H19BrN2O/c1-10-12(15)5-2-6-13(10)17-14(18)8-11-4-3-7-16-9-11/h2,5-6,11,16H,3-4,7-9H2,1H3,(H,17,18). The van der Waals surface area contributed by atoms with E-state index in [-0.39, 0.29) is 5.91 Å². The average molecular weight is 311 g/mol. The number of hydrogen-bond donors (Lipinski definition) is 2. The molecule has 1 aromatic rings. The number of anilines is 1. The van der Waals surface area contributed by atoms with E-state index in [9.17, 15) is 4.79 Å².